The Morgan fingerprint density at radius 3 is 0.945 bits per heavy atom. The molecule has 0 aromatic carbocycles. The third kappa shape index (κ3) is 7.98. The van der Waals surface area contributed by atoms with Gasteiger partial charge in [-0.1, -0.05) is 116 Å². The molecule has 2 nitrogen and oxygen atoms in total. The third-order valence-corrected chi connectivity index (χ3v) is 21.1. The van der Waals surface area contributed by atoms with E-state index in [4.69, 9.17) is 0 Å². The molecule has 10 saturated carbocycles. The van der Waals surface area contributed by atoms with Gasteiger partial charge in [0.15, 0.2) is 0 Å². The van der Waals surface area contributed by atoms with Gasteiger partial charge in [0.05, 0.1) is 0 Å². The lowest BCUT2D eigenvalue weighted by atomic mass is 9.62. The molecule has 0 heterocycles. The van der Waals surface area contributed by atoms with Crippen molar-refractivity contribution in [1.82, 2.24) is 9.80 Å². The summed E-state index contributed by atoms with van der Waals surface area (Å²) in [5.74, 6) is 8.65. The summed E-state index contributed by atoms with van der Waals surface area (Å²) in [6.45, 7) is 0. The molecule has 6 atom stereocenters. The summed E-state index contributed by atoms with van der Waals surface area (Å²) in [5.41, 5.74) is 0.723. The van der Waals surface area contributed by atoms with Crippen LogP contribution < -0.4 is 0 Å². The van der Waals surface area contributed by atoms with E-state index >= 15 is 0 Å². The van der Waals surface area contributed by atoms with Crippen LogP contribution in [0.25, 0.3) is 0 Å². The molecule has 0 N–H and O–H groups in total. The minimum atomic E-state index is 0.723. The van der Waals surface area contributed by atoms with E-state index in [0.717, 1.165) is 89.0 Å². The quantitative estimate of drug-likeness (QED) is 0.243. The zero-order valence-electron chi connectivity index (χ0n) is 36.3. The maximum absolute atomic E-state index is 3.38. The van der Waals surface area contributed by atoms with Gasteiger partial charge in [-0.15, -0.1) is 0 Å². The summed E-state index contributed by atoms with van der Waals surface area (Å²) in [6, 6.07) is 5.55. The predicted molar refractivity (Wildman–Crippen MR) is 232 cm³/mol. The Morgan fingerprint density at radius 1 is 0.255 bits per heavy atom. The lowest BCUT2D eigenvalue weighted by Crippen LogP contribution is -2.54. The molecule has 0 amide bonds. The fourth-order valence-electron chi connectivity index (χ4n) is 18.8. The number of rotatable bonds is 8. The smallest absolute Gasteiger partial charge is 0.0104 e. The monoisotopic (exact) mass is 755 g/mol. The minimum absolute atomic E-state index is 0.723. The van der Waals surface area contributed by atoms with Crippen molar-refractivity contribution in [2.45, 2.75) is 280 Å². The highest BCUT2D eigenvalue weighted by Crippen LogP contribution is 2.69. The highest BCUT2D eigenvalue weighted by molar-refractivity contribution is 5.13. The fourth-order valence-corrected chi connectivity index (χ4v) is 18.8. The SMILES string of the molecule is C1CCC(C2CCC(N(C3CCCCC3)C3CCC4C5CCC(N(C6CCCCC6)C6CCC(C7CCCCC7)CC6)CC5C5(CCCC5)C4C3)CC2)CC1. The molecular weight excluding hydrogens is 665 g/mol. The Morgan fingerprint density at radius 2 is 0.564 bits per heavy atom. The lowest BCUT2D eigenvalue weighted by Gasteiger charge is -2.52. The molecule has 6 unspecified atom stereocenters. The second kappa shape index (κ2) is 17.9. The Hall–Kier alpha value is -0.0800. The van der Waals surface area contributed by atoms with Crippen LogP contribution >= 0.6 is 0 Å². The van der Waals surface area contributed by atoms with Crippen molar-refractivity contribution < 1.29 is 0 Å². The minimum Gasteiger partial charge on any atom is -0.294 e. The molecule has 10 aliphatic rings. The van der Waals surface area contributed by atoms with Gasteiger partial charge in [0.2, 0.25) is 0 Å². The summed E-state index contributed by atoms with van der Waals surface area (Å²) in [6.07, 6.45) is 59.2. The Balaban J connectivity index is 0.856. The van der Waals surface area contributed by atoms with Gasteiger partial charge >= 0.3 is 0 Å². The maximum Gasteiger partial charge on any atom is 0.0104 e. The molecule has 0 radical (unpaired) electrons. The van der Waals surface area contributed by atoms with E-state index in [2.05, 4.69) is 9.80 Å². The van der Waals surface area contributed by atoms with E-state index in [9.17, 15) is 0 Å². The van der Waals surface area contributed by atoms with E-state index in [1.165, 1.54) is 103 Å². The molecule has 2 heteroatoms. The van der Waals surface area contributed by atoms with Crippen molar-refractivity contribution in [3.63, 3.8) is 0 Å². The molecule has 10 aliphatic carbocycles. The first-order valence-corrected chi connectivity index (χ1v) is 26.8. The van der Waals surface area contributed by atoms with E-state index in [0.29, 0.717) is 0 Å². The van der Waals surface area contributed by atoms with E-state index < -0.39 is 0 Å². The van der Waals surface area contributed by atoms with Crippen LogP contribution in [0.3, 0.4) is 0 Å². The Bertz CT molecular complexity index is 1080. The molecule has 0 saturated heterocycles. The lowest BCUT2D eigenvalue weighted by molar-refractivity contribution is -0.0291. The zero-order chi connectivity index (χ0) is 36.6. The molecule has 0 bridgehead atoms. The average Bonchev–Trinajstić information content (AvgIpc) is 3.86. The second-order valence-electron chi connectivity index (χ2n) is 23.3. The van der Waals surface area contributed by atoms with Gasteiger partial charge in [-0.2, -0.15) is 0 Å². The fraction of sp³-hybridized carbons (Fsp3) is 1.00. The van der Waals surface area contributed by atoms with E-state index in [1.54, 1.807) is 141 Å². The molecule has 55 heavy (non-hydrogen) atoms. The molecule has 312 valence electrons. The van der Waals surface area contributed by atoms with Crippen LogP contribution in [-0.2, 0) is 0 Å². The van der Waals surface area contributed by atoms with Crippen molar-refractivity contribution in [2.24, 2.45) is 52.8 Å². The first kappa shape index (κ1) is 39.1. The summed E-state index contributed by atoms with van der Waals surface area (Å²) >= 11 is 0. The van der Waals surface area contributed by atoms with E-state index in [1.807, 2.05) is 0 Å². The first-order chi connectivity index (χ1) is 27.2. The van der Waals surface area contributed by atoms with Crippen molar-refractivity contribution in [3.8, 4) is 0 Å². The van der Waals surface area contributed by atoms with Crippen molar-refractivity contribution in [3.05, 3.63) is 0 Å². The molecule has 10 rings (SSSR count). The van der Waals surface area contributed by atoms with Gasteiger partial charge in [-0.05, 0) is 181 Å². The van der Waals surface area contributed by atoms with Gasteiger partial charge in [0.1, 0.15) is 0 Å². The molecular formula is C53H90N2. The molecule has 0 aromatic heterocycles. The molecule has 1 spiro atoms. The largest absolute Gasteiger partial charge is 0.294 e. The third-order valence-electron chi connectivity index (χ3n) is 21.1. The van der Waals surface area contributed by atoms with Gasteiger partial charge in [0, 0.05) is 36.3 Å². The van der Waals surface area contributed by atoms with Crippen LogP contribution in [0.5, 0.6) is 0 Å². The number of hydrogen-bond acceptors (Lipinski definition) is 2. The average molecular weight is 755 g/mol. The van der Waals surface area contributed by atoms with Crippen LogP contribution in [0.15, 0.2) is 0 Å². The predicted octanol–water partition coefficient (Wildman–Crippen LogP) is 14.7. The zero-order valence-corrected chi connectivity index (χ0v) is 36.3. The highest BCUT2D eigenvalue weighted by atomic mass is 15.2. The van der Waals surface area contributed by atoms with Crippen LogP contribution in [0.1, 0.15) is 244 Å². The highest BCUT2D eigenvalue weighted by Gasteiger charge is 2.63. The number of fused-ring (bicyclic) bond motifs is 5. The first-order valence-electron chi connectivity index (χ1n) is 26.8. The van der Waals surface area contributed by atoms with E-state index in [-0.39, 0.29) is 0 Å². The van der Waals surface area contributed by atoms with Crippen LogP contribution in [-0.4, -0.2) is 46.1 Å². The van der Waals surface area contributed by atoms with Crippen molar-refractivity contribution in [2.75, 3.05) is 0 Å². The van der Waals surface area contributed by atoms with Gasteiger partial charge in [-0.3, -0.25) is 9.80 Å². The van der Waals surface area contributed by atoms with Gasteiger partial charge < -0.3 is 0 Å². The normalized spacial score (nSPS) is 42.9. The molecule has 10 fully saturated rings. The standard InChI is InChI=1S/C53H90N2/c1-5-15-39(16-6-1)41-23-27-45(28-24-41)54(43-19-9-3-10-20-43)47-31-33-49-50-34-32-48(38-52(50)53(51(49)37-47)35-13-14-36-53)55(44-21-11-4-12-22-44)46-29-25-42(26-30-46)40-17-7-2-8-18-40/h39-52H,1-38H2. The summed E-state index contributed by atoms with van der Waals surface area (Å²) < 4.78 is 0. The number of nitrogens with zero attached hydrogens (tertiary/aromatic N) is 2. The van der Waals surface area contributed by atoms with Gasteiger partial charge in [-0.25, -0.2) is 0 Å². The van der Waals surface area contributed by atoms with Crippen LogP contribution in [0.4, 0.5) is 0 Å². The Labute approximate surface area is 341 Å². The summed E-state index contributed by atoms with van der Waals surface area (Å²) in [4.78, 5) is 6.77. The second-order valence-corrected chi connectivity index (χ2v) is 23.3. The number of hydrogen-bond donors (Lipinski definition) is 0. The van der Waals surface area contributed by atoms with Crippen molar-refractivity contribution >= 4 is 0 Å². The summed E-state index contributed by atoms with van der Waals surface area (Å²) in [7, 11) is 0. The Kier molecular flexibility index (Phi) is 12.7. The molecule has 0 aliphatic heterocycles. The topological polar surface area (TPSA) is 6.48 Å². The van der Waals surface area contributed by atoms with Crippen LogP contribution in [0, 0.1) is 52.8 Å². The molecule has 0 aromatic rings. The maximum atomic E-state index is 3.38. The van der Waals surface area contributed by atoms with Gasteiger partial charge in [0.25, 0.3) is 0 Å². The van der Waals surface area contributed by atoms with Crippen LogP contribution in [0.2, 0.25) is 0 Å². The van der Waals surface area contributed by atoms with Crippen molar-refractivity contribution in [1.29, 1.82) is 0 Å². The summed E-state index contributed by atoms with van der Waals surface area (Å²) in [5, 5.41) is 0.